The van der Waals surface area contributed by atoms with E-state index in [0.717, 1.165) is 10.4 Å². The molecule has 0 aliphatic heterocycles. The van der Waals surface area contributed by atoms with Crippen LogP contribution in [0.5, 0.6) is 0 Å². The molecule has 7 heteroatoms. The monoisotopic (exact) mass is 343 g/mol. The molecule has 1 amide bonds. The molecule has 2 aromatic heterocycles. The largest absolute Gasteiger partial charge is 0.383 e. The number of rotatable bonds is 6. The van der Waals surface area contributed by atoms with E-state index in [1.807, 2.05) is 36.4 Å². The number of thiophene rings is 1. The molecule has 1 N–H and O–H groups in total. The van der Waals surface area contributed by atoms with Gasteiger partial charge in [0.15, 0.2) is 0 Å². The summed E-state index contributed by atoms with van der Waals surface area (Å²) in [5.41, 5.74) is 0.837. The minimum absolute atomic E-state index is 0.0536. The third-order valence-corrected chi connectivity index (χ3v) is 4.61. The number of nitrogens with zero attached hydrogens (tertiary/aromatic N) is 2. The number of benzene rings is 1. The van der Waals surface area contributed by atoms with Crippen molar-refractivity contribution < 1.29 is 9.53 Å². The zero-order valence-corrected chi connectivity index (χ0v) is 14.0. The van der Waals surface area contributed by atoms with E-state index in [2.05, 4.69) is 10.3 Å². The Morgan fingerprint density at radius 1 is 1.33 bits per heavy atom. The Bertz CT molecular complexity index is 902. The molecule has 0 aliphatic rings. The van der Waals surface area contributed by atoms with Crippen molar-refractivity contribution in [1.82, 2.24) is 14.9 Å². The summed E-state index contributed by atoms with van der Waals surface area (Å²) >= 11 is 1.47. The molecular formula is C17H17N3O3S. The van der Waals surface area contributed by atoms with Crippen LogP contribution in [0, 0.1) is 0 Å². The van der Waals surface area contributed by atoms with Crippen molar-refractivity contribution in [3.63, 3.8) is 0 Å². The Kier molecular flexibility index (Phi) is 5.02. The minimum Gasteiger partial charge on any atom is -0.383 e. The van der Waals surface area contributed by atoms with Gasteiger partial charge in [-0.3, -0.25) is 14.2 Å². The van der Waals surface area contributed by atoms with Gasteiger partial charge in [-0.1, -0.05) is 30.3 Å². The van der Waals surface area contributed by atoms with E-state index in [1.165, 1.54) is 22.2 Å². The summed E-state index contributed by atoms with van der Waals surface area (Å²) < 4.78 is 6.20. The summed E-state index contributed by atoms with van der Waals surface area (Å²) in [6, 6.07) is 11.7. The second-order valence-corrected chi connectivity index (χ2v) is 6.25. The lowest BCUT2D eigenvalue weighted by Gasteiger charge is -2.06. The molecule has 1 aromatic carbocycles. The third-order valence-electron chi connectivity index (χ3n) is 3.52. The lowest BCUT2D eigenvalue weighted by Crippen LogP contribution is -2.34. The first-order chi connectivity index (χ1) is 11.7. The topological polar surface area (TPSA) is 73.2 Å². The van der Waals surface area contributed by atoms with E-state index < -0.39 is 0 Å². The summed E-state index contributed by atoms with van der Waals surface area (Å²) in [6.07, 6.45) is 1.42. The normalized spacial score (nSPS) is 10.9. The zero-order valence-electron chi connectivity index (χ0n) is 13.2. The van der Waals surface area contributed by atoms with Crippen LogP contribution >= 0.6 is 11.3 Å². The summed E-state index contributed by atoms with van der Waals surface area (Å²) in [4.78, 5) is 30.4. The van der Waals surface area contributed by atoms with Gasteiger partial charge in [0, 0.05) is 18.5 Å². The molecule has 0 radical (unpaired) electrons. The van der Waals surface area contributed by atoms with Crippen molar-refractivity contribution in [3.05, 3.63) is 53.1 Å². The molecule has 0 saturated heterocycles. The fourth-order valence-corrected chi connectivity index (χ4v) is 3.32. The first-order valence-electron chi connectivity index (χ1n) is 7.49. The predicted octanol–water partition coefficient (Wildman–Crippen LogP) is 1.89. The van der Waals surface area contributed by atoms with Gasteiger partial charge >= 0.3 is 0 Å². The van der Waals surface area contributed by atoms with Gasteiger partial charge in [0.05, 0.1) is 18.3 Å². The number of ether oxygens (including phenoxy) is 1. The minimum atomic E-state index is -0.242. The van der Waals surface area contributed by atoms with Crippen LogP contribution in [0.25, 0.3) is 20.7 Å². The van der Waals surface area contributed by atoms with E-state index in [4.69, 9.17) is 4.74 Å². The molecule has 0 spiro atoms. The molecular weight excluding hydrogens is 326 g/mol. The molecule has 0 atom stereocenters. The summed E-state index contributed by atoms with van der Waals surface area (Å²) in [5.74, 6) is -0.242. The molecule has 0 bridgehead atoms. The molecule has 6 nitrogen and oxygen atoms in total. The van der Waals surface area contributed by atoms with Crippen LogP contribution < -0.4 is 10.9 Å². The number of fused-ring (bicyclic) bond motifs is 1. The summed E-state index contributed by atoms with van der Waals surface area (Å²) in [6.45, 7) is 0.793. The van der Waals surface area contributed by atoms with Crippen LogP contribution in [0.15, 0.2) is 47.5 Å². The van der Waals surface area contributed by atoms with E-state index in [1.54, 1.807) is 7.11 Å². The lowest BCUT2D eigenvalue weighted by molar-refractivity contribution is -0.121. The van der Waals surface area contributed by atoms with Crippen molar-refractivity contribution in [2.75, 3.05) is 20.3 Å². The zero-order chi connectivity index (χ0) is 16.9. The number of carbonyl (C=O) groups excluding carboxylic acids is 1. The second kappa shape index (κ2) is 7.37. The predicted molar refractivity (Wildman–Crippen MR) is 94.2 cm³/mol. The maximum Gasteiger partial charge on any atom is 0.262 e. The van der Waals surface area contributed by atoms with Gasteiger partial charge < -0.3 is 10.1 Å². The fraction of sp³-hybridized carbons (Fsp3) is 0.235. The number of amides is 1. The SMILES string of the molecule is COCCNC(=O)Cn1cnc2sc(-c3ccccc3)cc2c1=O. The fourth-order valence-electron chi connectivity index (χ4n) is 2.32. The number of methoxy groups -OCH3 is 1. The molecule has 3 rings (SSSR count). The average Bonchev–Trinajstić information content (AvgIpc) is 3.04. The molecule has 124 valence electrons. The average molecular weight is 343 g/mol. The molecule has 2 heterocycles. The van der Waals surface area contributed by atoms with E-state index >= 15 is 0 Å². The van der Waals surface area contributed by atoms with Crippen molar-refractivity contribution >= 4 is 27.5 Å². The molecule has 3 aromatic rings. The quantitative estimate of drug-likeness (QED) is 0.694. The number of hydrogen-bond donors (Lipinski definition) is 1. The second-order valence-electron chi connectivity index (χ2n) is 5.22. The first-order valence-corrected chi connectivity index (χ1v) is 8.30. The number of hydrogen-bond acceptors (Lipinski definition) is 5. The summed E-state index contributed by atoms with van der Waals surface area (Å²) in [7, 11) is 1.56. The molecule has 24 heavy (non-hydrogen) atoms. The van der Waals surface area contributed by atoms with Crippen LogP contribution in [0.1, 0.15) is 0 Å². The van der Waals surface area contributed by atoms with Crippen molar-refractivity contribution in [2.45, 2.75) is 6.54 Å². The van der Waals surface area contributed by atoms with Crippen LogP contribution in [0.2, 0.25) is 0 Å². The highest BCUT2D eigenvalue weighted by Crippen LogP contribution is 2.30. The first kappa shape index (κ1) is 16.4. The molecule has 0 saturated carbocycles. The van der Waals surface area contributed by atoms with Gasteiger partial charge in [0.25, 0.3) is 5.56 Å². The highest BCUT2D eigenvalue weighted by Gasteiger charge is 2.12. The van der Waals surface area contributed by atoms with Crippen LogP contribution in [0.3, 0.4) is 0 Å². The van der Waals surface area contributed by atoms with Crippen molar-refractivity contribution in [2.24, 2.45) is 0 Å². The van der Waals surface area contributed by atoms with Crippen LogP contribution in [0.4, 0.5) is 0 Å². The maximum atomic E-state index is 12.6. The molecule has 0 aliphatic carbocycles. The maximum absolute atomic E-state index is 12.6. The van der Waals surface area contributed by atoms with Gasteiger partial charge in [0.2, 0.25) is 5.91 Å². The van der Waals surface area contributed by atoms with Gasteiger partial charge in [-0.25, -0.2) is 4.98 Å². The van der Waals surface area contributed by atoms with E-state index in [-0.39, 0.29) is 18.0 Å². The third kappa shape index (κ3) is 3.52. The smallest absolute Gasteiger partial charge is 0.262 e. The molecule has 0 unspecified atom stereocenters. The summed E-state index contributed by atoms with van der Waals surface area (Å²) in [5, 5.41) is 3.22. The van der Waals surface area contributed by atoms with E-state index in [0.29, 0.717) is 23.4 Å². The van der Waals surface area contributed by atoms with Crippen LogP contribution in [-0.2, 0) is 16.1 Å². The highest BCUT2D eigenvalue weighted by molar-refractivity contribution is 7.21. The Morgan fingerprint density at radius 3 is 2.88 bits per heavy atom. The Labute approximate surface area is 142 Å². The standard InChI is InChI=1S/C17H17N3O3S/c1-23-8-7-18-15(21)10-20-11-19-16-13(17(20)22)9-14(24-16)12-5-3-2-4-6-12/h2-6,9,11H,7-8,10H2,1H3,(H,18,21). The highest BCUT2D eigenvalue weighted by atomic mass is 32.1. The Balaban J connectivity index is 1.85. The molecule has 0 fully saturated rings. The number of nitrogens with one attached hydrogen (secondary N) is 1. The Morgan fingerprint density at radius 2 is 2.12 bits per heavy atom. The van der Waals surface area contributed by atoms with Crippen molar-refractivity contribution in [1.29, 1.82) is 0 Å². The van der Waals surface area contributed by atoms with Crippen LogP contribution in [-0.4, -0.2) is 35.7 Å². The lowest BCUT2D eigenvalue weighted by atomic mass is 10.2. The van der Waals surface area contributed by atoms with Gasteiger partial charge in [0.1, 0.15) is 11.4 Å². The number of aromatic nitrogens is 2. The van der Waals surface area contributed by atoms with Gasteiger partial charge in [-0.2, -0.15) is 0 Å². The Hall–Kier alpha value is -2.51. The van der Waals surface area contributed by atoms with Crippen molar-refractivity contribution in [3.8, 4) is 10.4 Å². The van der Waals surface area contributed by atoms with Gasteiger partial charge in [-0.15, -0.1) is 11.3 Å². The van der Waals surface area contributed by atoms with Gasteiger partial charge in [-0.05, 0) is 11.6 Å². The van der Waals surface area contributed by atoms with E-state index in [9.17, 15) is 9.59 Å². The number of carbonyl (C=O) groups is 1.